The summed E-state index contributed by atoms with van der Waals surface area (Å²) in [7, 11) is 0. The summed E-state index contributed by atoms with van der Waals surface area (Å²) in [4.78, 5) is 25.7. The lowest BCUT2D eigenvalue weighted by molar-refractivity contribution is -0.147. The monoisotopic (exact) mass is 452 g/mol. The molecular weight excluding hydrogens is 408 g/mol. The highest BCUT2D eigenvalue weighted by molar-refractivity contribution is 5.85. The quantitative estimate of drug-likeness (QED) is 0.340. The van der Waals surface area contributed by atoms with Crippen molar-refractivity contribution < 1.29 is 14.3 Å². The van der Waals surface area contributed by atoms with Crippen LogP contribution >= 0.6 is 0 Å². The minimum absolute atomic E-state index is 0.0349. The average Bonchev–Trinajstić information content (AvgIpc) is 3.14. The van der Waals surface area contributed by atoms with Crippen LogP contribution < -0.4 is 0 Å². The molecular formula is C30H44O3. The lowest BCUT2D eigenvalue weighted by Crippen LogP contribution is -2.57. The molecule has 5 aliphatic rings. The van der Waals surface area contributed by atoms with E-state index >= 15 is 0 Å². The van der Waals surface area contributed by atoms with Crippen molar-refractivity contribution in [1.82, 2.24) is 0 Å². The van der Waals surface area contributed by atoms with Gasteiger partial charge in [-0.05, 0) is 86.9 Å². The molecule has 0 spiro atoms. The molecule has 1 saturated heterocycles. The molecule has 3 heteroatoms. The maximum absolute atomic E-state index is 12.9. The normalized spacial score (nSPS) is 47.6. The summed E-state index contributed by atoms with van der Waals surface area (Å²) in [6.07, 6.45) is 12.9. The van der Waals surface area contributed by atoms with Gasteiger partial charge in [0.05, 0.1) is 5.92 Å². The lowest BCUT2D eigenvalue weighted by Gasteiger charge is -2.63. The van der Waals surface area contributed by atoms with Gasteiger partial charge in [-0.2, -0.15) is 0 Å². The van der Waals surface area contributed by atoms with E-state index in [4.69, 9.17) is 4.74 Å². The highest BCUT2D eigenvalue weighted by atomic mass is 16.6. The Hall–Kier alpha value is -1.38. The molecule has 182 valence electrons. The summed E-state index contributed by atoms with van der Waals surface area (Å²) < 4.78 is 6.10. The van der Waals surface area contributed by atoms with Crippen molar-refractivity contribution in [2.75, 3.05) is 0 Å². The van der Waals surface area contributed by atoms with Gasteiger partial charge in [0.2, 0.25) is 0 Å². The van der Waals surface area contributed by atoms with Gasteiger partial charge >= 0.3 is 5.97 Å². The molecule has 0 N–H and O–H groups in total. The number of hydrogen-bond acceptors (Lipinski definition) is 3. The second kappa shape index (κ2) is 7.31. The molecule has 0 aromatic rings. The zero-order valence-corrected chi connectivity index (χ0v) is 21.9. The van der Waals surface area contributed by atoms with E-state index in [2.05, 4.69) is 60.6 Å². The van der Waals surface area contributed by atoms with Crippen LogP contribution in [0.1, 0.15) is 99.8 Å². The van der Waals surface area contributed by atoms with Crippen LogP contribution in [-0.4, -0.2) is 17.9 Å². The van der Waals surface area contributed by atoms with Crippen LogP contribution in [-0.2, 0) is 14.3 Å². The number of fused-ring (bicyclic) bond motifs is 7. The summed E-state index contributed by atoms with van der Waals surface area (Å²) in [5.74, 6) is 1.86. The SMILES string of the molecule is CC(C)=CCC[C@H]1C(=O)O[C@H]2C[C@]3(C)C4=CC[C@@H]5C(C)(C)C(=O)CC[C@]5(C)[C@@H]4CC[C@@]3(C)[C@@H]21. The Morgan fingerprint density at radius 3 is 2.55 bits per heavy atom. The van der Waals surface area contributed by atoms with Gasteiger partial charge in [0.1, 0.15) is 11.9 Å². The zero-order chi connectivity index (χ0) is 24.0. The van der Waals surface area contributed by atoms with Gasteiger partial charge in [-0.3, -0.25) is 9.59 Å². The van der Waals surface area contributed by atoms with Crippen LogP contribution in [0, 0.1) is 45.3 Å². The number of ketones is 1. The second-order valence-corrected chi connectivity index (χ2v) is 13.6. The average molecular weight is 453 g/mol. The smallest absolute Gasteiger partial charge is 0.309 e. The van der Waals surface area contributed by atoms with Gasteiger partial charge in [-0.25, -0.2) is 0 Å². The zero-order valence-electron chi connectivity index (χ0n) is 21.9. The Morgan fingerprint density at radius 1 is 1.12 bits per heavy atom. The number of carbonyl (C=O) groups excluding carboxylic acids is 2. The Kier molecular flexibility index (Phi) is 5.18. The molecule has 0 aromatic carbocycles. The molecule has 0 unspecified atom stereocenters. The Morgan fingerprint density at radius 2 is 1.85 bits per heavy atom. The van der Waals surface area contributed by atoms with Gasteiger partial charge in [-0.1, -0.05) is 57.9 Å². The number of rotatable bonds is 3. The first kappa shape index (κ1) is 23.4. The topological polar surface area (TPSA) is 43.4 Å². The molecule has 0 bridgehead atoms. The minimum atomic E-state index is -0.228. The van der Waals surface area contributed by atoms with Crippen LogP contribution in [0.2, 0.25) is 0 Å². The predicted molar refractivity (Wildman–Crippen MR) is 131 cm³/mol. The highest BCUT2D eigenvalue weighted by Gasteiger charge is 2.70. The third kappa shape index (κ3) is 2.99. The molecule has 3 nitrogen and oxygen atoms in total. The molecule has 0 radical (unpaired) electrons. The molecule has 0 aromatic heterocycles. The minimum Gasteiger partial charge on any atom is -0.462 e. The van der Waals surface area contributed by atoms with Gasteiger partial charge < -0.3 is 4.74 Å². The number of allylic oxidation sites excluding steroid dienone is 4. The maximum atomic E-state index is 12.9. The van der Waals surface area contributed by atoms with Gasteiger partial charge in [0.15, 0.2) is 0 Å². The summed E-state index contributed by atoms with van der Waals surface area (Å²) in [5.41, 5.74) is 3.13. The maximum Gasteiger partial charge on any atom is 0.309 e. The molecule has 0 amide bonds. The van der Waals surface area contributed by atoms with Gasteiger partial charge in [-0.15, -0.1) is 0 Å². The summed E-state index contributed by atoms with van der Waals surface area (Å²) in [6.45, 7) is 16.1. The molecule has 33 heavy (non-hydrogen) atoms. The molecule has 3 saturated carbocycles. The largest absolute Gasteiger partial charge is 0.462 e. The van der Waals surface area contributed by atoms with Crippen molar-refractivity contribution in [3.8, 4) is 0 Å². The van der Waals surface area contributed by atoms with Crippen LogP contribution in [0.5, 0.6) is 0 Å². The highest BCUT2D eigenvalue weighted by Crippen LogP contribution is 2.74. The molecule has 1 heterocycles. The fraction of sp³-hybridized carbons (Fsp3) is 0.800. The number of carbonyl (C=O) groups is 2. The first-order chi connectivity index (χ1) is 15.4. The van der Waals surface area contributed by atoms with Crippen molar-refractivity contribution in [2.45, 2.75) is 106 Å². The first-order valence-electron chi connectivity index (χ1n) is 13.4. The molecule has 5 rings (SSSR count). The number of hydrogen-bond donors (Lipinski definition) is 0. The van der Waals surface area contributed by atoms with Gasteiger partial charge in [0.25, 0.3) is 0 Å². The summed E-state index contributed by atoms with van der Waals surface area (Å²) in [6, 6.07) is 0. The van der Waals surface area contributed by atoms with E-state index in [0.29, 0.717) is 23.5 Å². The Bertz CT molecular complexity index is 936. The third-order valence-corrected chi connectivity index (χ3v) is 11.7. The lowest BCUT2D eigenvalue weighted by atomic mass is 9.41. The molecule has 4 aliphatic carbocycles. The Labute approximate surface area is 200 Å². The van der Waals surface area contributed by atoms with Gasteiger partial charge in [0, 0.05) is 17.8 Å². The van der Waals surface area contributed by atoms with E-state index in [1.54, 1.807) is 5.57 Å². The van der Waals surface area contributed by atoms with E-state index < -0.39 is 0 Å². The van der Waals surface area contributed by atoms with E-state index in [1.807, 2.05) is 0 Å². The van der Waals surface area contributed by atoms with Crippen molar-refractivity contribution in [3.05, 3.63) is 23.3 Å². The molecule has 1 aliphatic heterocycles. The van der Waals surface area contributed by atoms with Crippen LogP contribution in [0.25, 0.3) is 0 Å². The fourth-order valence-corrected chi connectivity index (χ4v) is 9.64. The molecule has 4 fully saturated rings. The van der Waals surface area contributed by atoms with Crippen molar-refractivity contribution in [1.29, 1.82) is 0 Å². The van der Waals surface area contributed by atoms with Crippen LogP contribution in [0.3, 0.4) is 0 Å². The summed E-state index contributed by atoms with van der Waals surface area (Å²) in [5, 5.41) is 0. The summed E-state index contributed by atoms with van der Waals surface area (Å²) >= 11 is 0. The van der Waals surface area contributed by atoms with E-state index in [-0.39, 0.29) is 39.7 Å². The van der Waals surface area contributed by atoms with E-state index in [9.17, 15) is 9.59 Å². The second-order valence-electron chi connectivity index (χ2n) is 13.6. The van der Waals surface area contributed by atoms with E-state index in [0.717, 1.165) is 38.5 Å². The standard InChI is InChI=1S/C30H44O3/c1-18(2)9-8-10-19-25-22(33-26(19)32)17-30(7)21-11-12-23-27(3,4)24(31)14-15-28(23,5)20(21)13-16-29(25,30)6/h9,11,19-20,22-23,25H,8,10,12-17H2,1-7H3/t19-,20-,22+,23-,25-,28-,29+,30-/m1/s1. The van der Waals surface area contributed by atoms with Crippen molar-refractivity contribution in [2.24, 2.45) is 45.3 Å². The van der Waals surface area contributed by atoms with Crippen LogP contribution in [0.15, 0.2) is 23.3 Å². The predicted octanol–water partition coefficient (Wildman–Crippen LogP) is 7.06. The third-order valence-electron chi connectivity index (χ3n) is 11.7. The Balaban J connectivity index is 1.49. The van der Waals surface area contributed by atoms with E-state index in [1.165, 1.54) is 18.4 Å². The molecule has 8 atom stereocenters. The number of esters is 1. The first-order valence-corrected chi connectivity index (χ1v) is 13.4. The number of ether oxygens (including phenoxy) is 1. The van der Waals surface area contributed by atoms with Crippen LogP contribution in [0.4, 0.5) is 0 Å². The fourth-order valence-electron chi connectivity index (χ4n) is 9.64. The number of Topliss-reactive ketones (excluding diaryl/α,β-unsaturated/α-hetero) is 1. The van der Waals surface area contributed by atoms with Crippen molar-refractivity contribution >= 4 is 11.8 Å². The van der Waals surface area contributed by atoms with Crippen molar-refractivity contribution in [3.63, 3.8) is 0 Å².